The van der Waals surface area contributed by atoms with Gasteiger partial charge in [-0.15, -0.1) is 0 Å². The van der Waals surface area contributed by atoms with Gasteiger partial charge < -0.3 is 19.9 Å². The number of carbonyl (C=O) groups is 3. The summed E-state index contributed by atoms with van der Waals surface area (Å²) in [6.07, 6.45) is -0.298. The molecule has 210 valence electrons. The van der Waals surface area contributed by atoms with Crippen LogP contribution in [0.15, 0.2) is 85.1 Å². The summed E-state index contributed by atoms with van der Waals surface area (Å²) in [4.78, 5) is 38.0. The molecule has 10 nitrogen and oxygen atoms in total. The van der Waals surface area contributed by atoms with Crippen molar-refractivity contribution >= 4 is 23.7 Å². The van der Waals surface area contributed by atoms with Gasteiger partial charge in [0.25, 0.3) is 5.91 Å². The fourth-order valence-electron chi connectivity index (χ4n) is 5.03. The third-order valence-electron chi connectivity index (χ3n) is 7.11. The number of benzene rings is 3. The maximum atomic E-state index is 13.2. The molecular formula is C31H30N4O6. The van der Waals surface area contributed by atoms with Gasteiger partial charge in [-0.1, -0.05) is 78.9 Å². The highest BCUT2D eigenvalue weighted by atomic mass is 16.5. The van der Waals surface area contributed by atoms with E-state index in [2.05, 4.69) is 15.7 Å². The molecule has 0 saturated heterocycles. The van der Waals surface area contributed by atoms with Crippen LogP contribution in [0.3, 0.4) is 0 Å². The number of fused-ring (bicyclic) bond motifs is 3. The van der Waals surface area contributed by atoms with Crippen molar-refractivity contribution in [2.75, 3.05) is 11.9 Å². The summed E-state index contributed by atoms with van der Waals surface area (Å²) >= 11 is 0. The molecule has 0 aliphatic heterocycles. The van der Waals surface area contributed by atoms with Crippen molar-refractivity contribution in [2.45, 2.75) is 31.6 Å². The number of anilines is 1. The van der Waals surface area contributed by atoms with E-state index in [1.807, 2.05) is 78.9 Å². The Labute approximate surface area is 236 Å². The highest BCUT2D eigenvalue weighted by molar-refractivity contribution is 6.02. The van der Waals surface area contributed by atoms with Crippen LogP contribution in [0, 0.1) is 0 Å². The molecule has 10 heteroatoms. The molecule has 0 radical (unpaired) electrons. The highest BCUT2D eigenvalue weighted by Crippen LogP contribution is 2.44. The van der Waals surface area contributed by atoms with Crippen LogP contribution in [0.4, 0.5) is 10.5 Å². The molecule has 0 fully saturated rings. The van der Waals surface area contributed by atoms with E-state index in [1.54, 1.807) is 6.92 Å². The number of ether oxygens (including phenoxy) is 2. The minimum Gasteiger partial charge on any atom is -0.480 e. The Morgan fingerprint density at radius 2 is 1.56 bits per heavy atom. The average Bonchev–Trinajstić information content (AvgIpc) is 3.50. The largest absolute Gasteiger partial charge is 0.480 e. The van der Waals surface area contributed by atoms with E-state index < -0.39 is 30.1 Å². The topological polar surface area (TPSA) is 132 Å². The summed E-state index contributed by atoms with van der Waals surface area (Å²) in [5.41, 5.74) is 5.30. The number of carboxylic acids is 1. The van der Waals surface area contributed by atoms with E-state index in [9.17, 15) is 19.5 Å². The molecule has 0 bridgehead atoms. The Balaban J connectivity index is 1.23. The third-order valence-corrected chi connectivity index (χ3v) is 7.11. The van der Waals surface area contributed by atoms with Crippen LogP contribution in [0.5, 0.6) is 0 Å². The van der Waals surface area contributed by atoms with Gasteiger partial charge in [-0.05, 0) is 34.7 Å². The predicted molar refractivity (Wildman–Crippen MR) is 151 cm³/mol. The lowest BCUT2D eigenvalue weighted by Crippen LogP contribution is -2.49. The minimum absolute atomic E-state index is 0.0278. The first kappa shape index (κ1) is 27.6. The van der Waals surface area contributed by atoms with Gasteiger partial charge in [0, 0.05) is 13.0 Å². The number of aromatic nitrogens is 2. The highest BCUT2D eigenvalue weighted by Gasteiger charge is 2.31. The van der Waals surface area contributed by atoms with Gasteiger partial charge >= 0.3 is 12.1 Å². The Kier molecular flexibility index (Phi) is 8.11. The monoisotopic (exact) mass is 554 g/mol. The number of nitrogens with zero attached hydrogens (tertiary/aromatic N) is 2. The Morgan fingerprint density at radius 3 is 2.20 bits per heavy atom. The molecule has 2 atom stereocenters. The van der Waals surface area contributed by atoms with E-state index in [-0.39, 0.29) is 30.5 Å². The molecule has 2 amide bonds. The van der Waals surface area contributed by atoms with Crippen molar-refractivity contribution in [3.05, 3.63) is 107 Å². The molecule has 1 heterocycles. The number of amides is 2. The van der Waals surface area contributed by atoms with Gasteiger partial charge in [-0.3, -0.25) is 14.8 Å². The predicted octanol–water partition coefficient (Wildman–Crippen LogP) is 4.57. The zero-order valence-corrected chi connectivity index (χ0v) is 22.6. The van der Waals surface area contributed by atoms with Crippen LogP contribution < -0.4 is 10.6 Å². The van der Waals surface area contributed by atoms with Crippen LogP contribution in [-0.2, 0) is 27.9 Å². The quantitative estimate of drug-likeness (QED) is 0.262. The van der Waals surface area contributed by atoms with E-state index >= 15 is 0 Å². The number of nitrogens with one attached hydrogen (secondary N) is 2. The second-order valence-corrected chi connectivity index (χ2v) is 9.77. The second kappa shape index (κ2) is 12.1. The molecule has 4 aromatic rings. The van der Waals surface area contributed by atoms with Crippen LogP contribution in [0.2, 0.25) is 0 Å². The van der Waals surface area contributed by atoms with Crippen molar-refractivity contribution < 1.29 is 29.0 Å². The zero-order valence-electron chi connectivity index (χ0n) is 22.6. The van der Waals surface area contributed by atoms with Crippen LogP contribution in [0.25, 0.3) is 11.1 Å². The maximum Gasteiger partial charge on any atom is 0.411 e. The molecule has 1 aliphatic rings. The van der Waals surface area contributed by atoms with E-state index in [0.717, 1.165) is 27.8 Å². The molecule has 5 rings (SSSR count). The van der Waals surface area contributed by atoms with Crippen molar-refractivity contribution in [2.24, 2.45) is 7.05 Å². The Hall–Kier alpha value is -4.96. The van der Waals surface area contributed by atoms with E-state index in [0.29, 0.717) is 0 Å². The Morgan fingerprint density at radius 1 is 0.951 bits per heavy atom. The minimum atomic E-state index is -1.34. The summed E-state index contributed by atoms with van der Waals surface area (Å²) < 4.78 is 12.6. The first-order valence-electron chi connectivity index (χ1n) is 13.2. The molecule has 3 aromatic carbocycles. The molecule has 3 N–H and O–H groups in total. The van der Waals surface area contributed by atoms with Gasteiger partial charge in [0.1, 0.15) is 12.3 Å². The molecular weight excluding hydrogens is 524 g/mol. The summed E-state index contributed by atoms with van der Waals surface area (Å²) in [7, 11) is 1.52. The van der Waals surface area contributed by atoms with E-state index in [1.165, 1.54) is 17.9 Å². The van der Waals surface area contributed by atoms with Crippen molar-refractivity contribution in [3.8, 4) is 11.1 Å². The summed E-state index contributed by atoms with van der Waals surface area (Å²) in [6, 6.07) is 24.0. The number of rotatable bonds is 10. The van der Waals surface area contributed by atoms with E-state index in [4.69, 9.17) is 9.47 Å². The Bertz CT molecular complexity index is 1520. The molecule has 41 heavy (non-hydrogen) atoms. The van der Waals surface area contributed by atoms with Gasteiger partial charge in [0.2, 0.25) is 0 Å². The van der Waals surface area contributed by atoms with Crippen molar-refractivity contribution in [1.82, 2.24) is 15.1 Å². The summed E-state index contributed by atoms with van der Waals surface area (Å²) in [5, 5.41) is 18.9. The number of carboxylic acid groups (broad SMARTS) is 1. The maximum absolute atomic E-state index is 13.2. The van der Waals surface area contributed by atoms with Gasteiger partial charge in [-0.2, -0.15) is 5.10 Å². The SMILES string of the molecule is CC(OCc1ccccc1)C(NC(=O)c1c(NC(=O)OCC2c3ccccc3-c3ccccc32)cnn1C)C(=O)O. The first-order valence-corrected chi connectivity index (χ1v) is 13.2. The molecule has 1 aliphatic carbocycles. The lowest BCUT2D eigenvalue weighted by molar-refractivity contribution is -0.143. The zero-order chi connectivity index (χ0) is 28.9. The number of carbonyl (C=O) groups excluding carboxylic acids is 2. The first-order chi connectivity index (χ1) is 19.8. The molecule has 2 unspecified atom stereocenters. The lowest BCUT2D eigenvalue weighted by Gasteiger charge is -2.22. The van der Waals surface area contributed by atoms with Gasteiger partial charge in [0.05, 0.1) is 24.6 Å². The van der Waals surface area contributed by atoms with Crippen molar-refractivity contribution in [3.63, 3.8) is 0 Å². The number of hydrogen-bond acceptors (Lipinski definition) is 6. The van der Waals surface area contributed by atoms with Gasteiger partial charge in [-0.25, -0.2) is 9.59 Å². The molecule has 0 spiro atoms. The van der Waals surface area contributed by atoms with Crippen LogP contribution in [-0.4, -0.2) is 51.6 Å². The number of aryl methyl sites for hydroxylation is 1. The average molecular weight is 555 g/mol. The second-order valence-electron chi connectivity index (χ2n) is 9.77. The van der Waals surface area contributed by atoms with Crippen molar-refractivity contribution in [1.29, 1.82) is 0 Å². The summed E-state index contributed by atoms with van der Waals surface area (Å²) in [5.74, 6) is -2.12. The lowest BCUT2D eigenvalue weighted by atomic mass is 9.98. The third kappa shape index (κ3) is 5.97. The fraction of sp³-hybridized carbons (Fsp3) is 0.226. The summed E-state index contributed by atoms with van der Waals surface area (Å²) in [6.45, 7) is 1.85. The smallest absolute Gasteiger partial charge is 0.411 e. The molecule has 1 aromatic heterocycles. The number of hydrogen-bond donors (Lipinski definition) is 3. The standard InChI is InChI=1S/C31H30N4O6/c1-19(40-17-20-10-4-3-5-11-20)27(30(37)38)34-29(36)28-26(16-32-35(28)2)33-31(39)41-18-25-23-14-8-6-12-21(23)22-13-7-9-15-24(22)25/h3-16,19,25,27H,17-18H2,1-2H3,(H,33,39)(H,34,36)(H,37,38). The van der Waals surface area contributed by atoms with Crippen LogP contribution in [0.1, 0.15) is 40.0 Å². The number of aliphatic carboxylic acids is 1. The van der Waals surface area contributed by atoms with Gasteiger partial charge in [0.15, 0.2) is 6.04 Å². The van der Waals surface area contributed by atoms with Crippen LogP contribution >= 0.6 is 0 Å². The molecule has 0 saturated carbocycles. The normalized spacial score (nSPS) is 13.5. The fourth-order valence-corrected chi connectivity index (χ4v) is 5.03.